The predicted octanol–water partition coefficient (Wildman–Crippen LogP) is 1.73. The molecule has 0 spiro atoms. The van der Waals surface area contributed by atoms with Crippen molar-refractivity contribution in [2.45, 2.75) is 177 Å². The molecule has 24 nitrogen and oxygen atoms in total. The van der Waals surface area contributed by atoms with E-state index < -0.39 is 117 Å². The van der Waals surface area contributed by atoms with Crippen LogP contribution < -0.4 is 59.7 Å². The topological polar surface area (TPSA) is 406 Å². The van der Waals surface area contributed by atoms with Gasteiger partial charge in [-0.3, -0.25) is 43.8 Å². The van der Waals surface area contributed by atoms with Crippen LogP contribution in [0.3, 0.4) is 0 Å². The maximum Gasteiger partial charge on any atom is 0.332 e. The van der Waals surface area contributed by atoms with Crippen LogP contribution in [0, 0.1) is 23.2 Å². The highest BCUT2D eigenvalue weighted by Crippen LogP contribution is 2.24. The number of carbonyl (C=O) groups is 9. The molecule has 0 aromatic heterocycles. The van der Waals surface area contributed by atoms with Crippen LogP contribution in [0.2, 0.25) is 0 Å². The highest BCUT2D eigenvalue weighted by atomic mass is 32.3. The van der Waals surface area contributed by atoms with Gasteiger partial charge in [-0.25, -0.2) is 4.79 Å². The summed E-state index contributed by atoms with van der Waals surface area (Å²) in [5.74, 6) is -7.49. The number of benzene rings is 2. The van der Waals surface area contributed by atoms with Crippen molar-refractivity contribution in [2.24, 2.45) is 35.0 Å². The zero-order chi connectivity index (χ0) is 62.6. The van der Waals surface area contributed by atoms with E-state index in [-0.39, 0.29) is 104 Å². The molecule has 0 heterocycles. The van der Waals surface area contributed by atoms with E-state index >= 15 is 0 Å². The Kier molecular flexibility index (Phi) is 32.5. The summed E-state index contributed by atoms with van der Waals surface area (Å²) >= 11 is 2.34. The lowest BCUT2D eigenvalue weighted by atomic mass is 9.99. The molecule has 464 valence electrons. The summed E-state index contributed by atoms with van der Waals surface area (Å²) in [5, 5.41) is 38.6. The summed E-state index contributed by atoms with van der Waals surface area (Å²) in [7, 11) is -5.15. The van der Waals surface area contributed by atoms with Crippen LogP contribution in [0.1, 0.15) is 112 Å². The Hall–Kier alpha value is -6.36. The molecule has 2 aromatic carbocycles. The number of aliphatic carboxylic acids is 1. The number of ketones is 1. The molecular weight excluding hydrogens is 1140 g/mol. The Balaban J connectivity index is 2.39. The van der Waals surface area contributed by atoms with Gasteiger partial charge in [0.05, 0.1) is 23.0 Å². The van der Waals surface area contributed by atoms with Crippen molar-refractivity contribution >= 4 is 92.8 Å². The van der Waals surface area contributed by atoms with Gasteiger partial charge in [0.25, 0.3) is 0 Å². The van der Waals surface area contributed by atoms with Crippen molar-refractivity contribution < 1.29 is 60.6 Å². The number of carbonyl (C=O) groups excluding carboxylic acids is 8. The van der Waals surface area contributed by atoms with Crippen molar-refractivity contribution in [1.29, 1.82) is 5.41 Å². The first kappa shape index (κ1) is 72.7. The fourth-order valence-electron chi connectivity index (χ4n) is 8.18. The molecular formula is C55H87FN12O12S3. The largest absolute Gasteiger partial charge is 0.480 e. The quantitative estimate of drug-likeness (QED) is 0.0149. The number of hydrogen-bond donors (Lipinski definition) is 13. The number of halogens is 1. The number of amides is 7. The first-order chi connectivity index (χ1) is 38.9. The van der Waals surface area contributed by atoms with Gasteiger partial charge in [-0.2, -0.15) is 20.2 Å². The van der Waals surface area contributed by atoms with Crippen LogP contribution in [-0.4, -0.2) is 151 Å². The van der Waals surface area contributed by atoms with Gasteiger partial charge >= 0.3 is 16.2 Å². The van der Waals surface area contributed by atoms with Crippen molar-refractivity contribution in [3.8, 4) is 0 Å². The highest BCUT2D eigenvalue weighted by molar-refractivity contribution is 7.99. The predicted molar refractivity (Wildman–Crippen MR) is 318 cm³/mol. The Labute approximate surface area is 495 Å². The molecule has 9 atom stereocenters. The van der Waals surface area contributed by atoms with Gasteiger partial charge in [0.1, 0.15) is 36.3 Å². The van der Waals surface area contributed by atoms with Crippen molar-refractivity contribution in [3.05, 3.63) is 60.2 Å². The second-order valence-electron chi connectivity index (χ2n) is 21.5. The monoisotopic (exact) mass is 1220 g/mol. The minimum Gasteiger partial charge on any atom is -0.480 e. The van der Waals surface area contributed by atoms with E-state index in [0.717, 1.165) is 23.9 Å². The van der Waals surface area contributed by atoms with Crippen LogP contribution in [0.4, 0.5) is 3.89 Å². The summed E-state index contributed by atoms with van der Waals surface area (Å²) in [6.45, 7) is 12.3. The maximum atomic E-state index is 14.5. The lowest BCUT2D eigenvalue weighted by Crippen LogP contribution is -2.60. The Morgan fingerprint density at radius 3 is 1.75 bits per heavy atom. The molecule has 83 heavy (non-hydrogen) atoms. The van der Waals surface area contributed by atoms with Crippen molar-refractivity contribution in [2.75, 3.05) is 24.3 Å². The van der Waals surface area contributed by atoms with Gasteiger partial charge in [-0.1, -0.05) is 84.4 Å². The number of rotatable bonds is 39. The standard InChI is InChI=1S/C55H87FN12O12S3/c1-31(2)26-41(50(73)66-42(28-35-16-10-9-11-17-35)51(74)67-43(54(77)78)27-32(3)4)65-52(75)44(30-82-36-18-14-19-37(29-36)83(56,79)80)68-49(72)39(21-15-24-61-55(59)60)63-47(70)38(57)20-12-13-22-45(69)34(7)62-48(71)40(23-25-81-8)64-53(76)46(58)33(5)6/h9-11,14,16-19,29,31-34,38-44,46H,12-13,15,20-28,30,57-58H2,1-8H3,(H,62,71)(H,63,70)(H,64,76)(H,65,75)(H,66,73)(H,67,74)(H,68,72)(H,77,78)(H4,59,60,61)/t34-,38-,39-,40-,41-,42-,43-,44-,46-/m0/s1. The van der Waals surface area contributed by atoms with E-state index in [1.165, 1.54) is 30.8 Å². The van der Waals surface area contributed by atoms with E-state index in [1.807, 2.05) is 6.26 Å². The van der Waals surface area contributed by atoms with Gasteiger partial charge < -0.3 is 64.8 Å². The number of nitrogens with two attached hydrogens (primary N) is 3. The van der Waals surface area contributed by atoms with Crippen molar-refractivity contribution in [3.63, 3.8) is 0 Å². The number of unbranched alkanes of at least 4 members (excludes halogenated alkanes) is 1. The average Bonchev–Trinajstić information content (AvgIpc) is 3.45. The van der Waals surface area contributed by atoms with Crippen molar-refractivity contribution in [1.82, 2.24) is 42.5 Å². The number of guanidine groups is 1. The molecule has 2 aromatic rings. The Morgan fingerprint density at radius 2 is 1.16 bits per heavy atom. The average molecular weight is 1220 g/mol. The molecule has 0 saturated carbocycles. The molecule has 0 aliphatic heterocycles. The van der Waals surface area contributed by atoms with Gasteiger partial charge in [-0.15, -0.1) is 15.6 Å². The normalized spacial score (nSPS) is 14.8. The number of hydrogen-bond acceptors (Lipinski definition) is 16. The summed E-state index contributed by atoms with van der Waals surface area (Å²) in [6.07, 6.45) is 2.87. The molecule has 16 N–H and O–H groups in total. The Bertz CT molecular complexity index is 2600. The summed E-state index contributed by atoms with van der Waals surface area (Å²) in [6, 6.07) is 2.67. The molecule has 0 radical (unpaired) electrons. The SMILES string of the molecule is CSCC[C@H](NC(=O)[C@@H](N)C(C)C)C(=O)N[C@@H](C)C(=O)CCCC[C@H](N)C(=O)N[C@@H](CCCNC(=N)N)C(=O)N[C@@H](CSc1cccc(S(=O)(=O)F)c1)C(=O)N[C@@H](CC(C)C)C(=O)N[C@@H](Cc1ccccc1)C(=O)N[C@@H](CC(C)C)C(=O)O. The van der Waals surface area contributed by atoms with E-state index in [0.29, 0.717) is 17.7 Å². The molecule has 0 bridgehead atoms. The third-order valence-corrected chi connectivity index (χ3v) is 15.5. The molecule has 7 amide bonds. The van der Waals surface area contributed by atoms with Crippen LogP contribution in [0.5, 0.6) is 0 Å². The number of thioether (sulfide) groups is 2. The lowest BCUT2D eigenvalue weighted by molar-refractivity contribution is -0.142. The molecule has 0 saturated heterocycles. The molecule has 0 aliphatic carbocycles. The maximum absolute atomic E-state index is 14.5. The molecule has 0 unspecified atom stereocenters. The zero-order valence-corrected chi connectivity index (χ0v) is 51.0. The minimum absolute atomic E-state index is 0.00442. The van der Waals surface area contributed by atoms with E-state index in [2.05, 4.69) is 42.5 Å². The third kappa shape index (κ3) is 28.2. The lowest BCUT2D eigenvalue weighted by Gasteiger charge is -2.28. The first-order valence-corrected chi connectivity index (χ1v) is 31.4. The van der Waals surface area contributed by atoms with Gasteiger partial charge in [-0.05, 0) is 105 Å². The summed E-state index contributed by atoms with van der Waals surface area (Å²) in [5.41, 5.74) is 18.4. The number of nitrogens with one attached hydrogen (secondary N) is 9. The second kappa shape index (κ2) is 37.1. The van der Waals surface area contributed by atoms with Crippen LogP contribution in [0.15, 0.2) is 64.4 Å². The number of carboxylic acid groups (broad SMARTS) is 1. The number of Topliss-reactive ketones (excluding diaryl/α,β-unsaturated/α-hetero) is 1. The van der Waals surface area contributed by atoms with Gasteiger partial charge in [0, 0.05) is 30.0 Å². The molecule has 0 fully saturated rings. The smallest absolute Gasteiger partial charge is 0.332 e. The second-order valence-corrected chi connectivity index (χ2v) is 24.9. The van der Waals surface area contributed by atoms with Crippen LogP contribution in [-0.2, 0) is 59.8 Å². The Morgan fingerprint density at radius 1 is 0.627 bits per heavy atom. The fraction of sp³-hybridized carbons (Fsp3) is 0.600. The fourth-order valence-corrected chi connectivity index (χ4v) is 10.2. The zero-order valence-electron chi connectivity index (χ0n) is 48.6. The first-order valence-electron chi connectivity index (χ1n) is 27.6. The highest BCUT2D eigenvalue weighted by Gasteiger charge is 2.34. The molecule has 0 aliphatic rings. The van der Waals surface area contributed by atoms with E-state index in [4.69, 9.17) is 22.6 Å². The van der Waals surface area contributed by atoms with Gasteiger partial charge in [0.2, 0.25) is 41.4 Å². The van der Waals surface area contributed by atoms with Gasteiger partial charge in [0.15, 0.2) is 11.7 Å². The molecule has 2 rings (SSSR count). The summed E-state index contributed by atoms with van der Waals surface area (Å²) in [4.78, 5) is 121. The van der Waals surface area contributed by atoms with E-state index in [1.54, 1.807) is 71.9 Å². The van der Waals surface area contributed by atoms with Crippen LogP contribution >= 0.6 is 23.5 Å². The number of carboxylic acids is 1. The molecule has 28 heteroatoms. The van der Waals surface area contributed by atoms with Crippen LogP contribution in [0.25, 0.3) is 0 Å². The minimum atomic E-state index is -5.15. The summed E-state index contributed by atoms with van der Waals surface area (Å²) < 4.78 is 37.7. The third-order valence-electron chi connectivity index (χ3n) is 13.0. The van der Waals surface area contributed by atoms with E-state index in [9.17, 15) is 60.6 Å².